The van der Waals surface area contributed by atoms with Crippen LogP contribution in [0.15, 0.2) is 34.9 Å². The summed E-state index contributed by atoms with van der Waals surface area (Å²) in [4.78, 5) is 35.7. The van der Waals surface area contributed by atoms with Gasteiger partial charge in [0, 0.05) is 11.6 Å². The van der Waals surface area contributed by atoms with Crippen molar-refractivity contribution in [3.63, 3.8) is 0 Å². The van der Waals surface area contributed by atoms with Crippen molar-refractivity contribution in [2.45, 2.75) is 20.0 Å². The topological polar surface area (TPSA) is 120 Å². The second kappa shape index (κ2) is 8.65. The Morgan fingerprint density at radius 3 is 2.69 bits per heavy atom. The van der Waals surface area contributed by atoms with Crippen LogP contribution in [0.25, 0.3) is 0 Å². The van der Waals surface area contributed by atoms with Crippen LogP contribution in [0, 0.1) is 6.92 Å². The molecule has 0 saturated heterocycles. The maximum Gasteiger partial charge on any atom is 0.326 e. The van der Waals surface area contributed by atoms with Crippen molar-refractivity contribution in [3.8, 4) is 5.75 Å². The maximum absolute atomic E-state index is 12.0. The van der Waals surface area contributed by atoms with Gasteiger partial charge in [-0.05, 0) is 32.0 Å². The zero-order valence-electron chi connectivity index (χ0n) is 14.6. The van der Waals surface area contributed by atoms with Gasteiger partial charge in [0.05, 0.1) is 7.11 Å². The summed E-state index contributed by atoms with van der Waals surface area (Å²) in [5, 5.41) is 8.48. The lowest BCUT2D eigenvalue weighted by molar-refractivity contribution is -0.152. The van der Waals surface area contributed by atoms with Crippen molar-refractivity contribution < 1.29 is 28.4 Å². The molecular weight excluding hydrogens is 342 g/mol. The highest BCUT2D eigenvalue weighted by atomic mass is 16.5. The first-order valence-electron chi connectivity index (χ1n) is 7.75. The summed E-state index contributed by atoms with van der Waals surface area (Å²) in [6, 6.07) is 8.00. The van der Waals surface area contributed by atoms with Crippen LogP contribution in [-0.2, 0) is 14.3 Å². The zero-order valence-corrected chi connectivity index (χ0v) is 14.6. The maximum atomic E-state index is 12.0. The van der Waals surface area contributed by atoms with Crippen LogP contribution in [0.5, 0.6) is 5.75 Å². The summed E-state index contributed by atoms with van der Waals surface area (Å²) in [5.74, 6) is -0.498. The van der Waals surface area contributed by atoms with Crippen LogP contribution in [0.1, 0.15) is 23.0 Å². The van der Waals surface area contributed by atoms with Crippen LogP contribution in [0.3, 0.4) is 0 Å². The summed E-state index contributed by atoms with van der Waals surface area (Å²) in [6.07, 6.45) is -1.06. The molecule has 1 aromatic carbocycles. The van der Waals surface area contributed by atoms with E-state index in [1.807, 2.05) is 0 Å². The Balaban J connectivity index is 1.80. The Morgan fingerprint density at radius 2 is 2.04 bits per heavy atom. The first-order valence-corrected chi connectivity index (χ1v) is 7.75. The van der Waals surface area contributed by atoms with E-state index < -0.39 is 23.9 Å². The molecule has 0 bridgehead atoms. The lowest BCUT2D eigenvalue weighted by atomic mass is 10.2. The van der Waals surface area contributed by atoms with E-state index in [0.717, 1.165) is 0 Å². The van der Waals surface area contributed by atoms with E-state index in [2.05, 4.69) is 15.8 Å². The minimum atomic E-state index is -1.06. The zero-order chi connectivity index (χ0) is 19.1. The highest BCUT2D eigenvalue weighted by molar-refractivity contribution is 5.97. The van der Waals surface area contributed by atoms with Crippen molar-refractivity contribution in [2.24, 2.45) is 0 Å². The molecule has 1 heterocycles. The molecule has 0 saturated carbocycles. The normalized spacial score (nSPS) is 11.3. The van der Waals surface area contributed by atoms with E-state index >= 15 is 0 Å². The van der Waals surface area contributed by atoms with E-state index in [1.165, 1.54) is 26.2 Å². The lowest BCUT2D eigenvalue weighted by Gasteiger charge is -2.12. The van der Waals surface area contributed by atoms with Gasteiger partial charge in [-0.2, -0.15) is 0 Å². The summed E-state index contributed by atoms with van der Waals surface area (Å²) in [6.45, 7) is 2.71. The third kappa shape index (κ3) is 5.33. The summed E-state index contributed by atoms with van der Waals surface area (Å²) in [5.41, 5.74) is 0.337. The molecule has 9 nitrogen and oxygen atoms in total. The number of hydrogen-bond donors (Lipinski definition) is 2. The lowest BCUT2D eigenvalue weighted by Crippen LogP contribution is -2.35. The largest absolute Gasteiger partial charge is 0.497 e. The molecule has 2 amide bonds. The Kier molecular flexibility index (Phi) is 6.31. The number of esters is 1. The fourth-order valence-corrected chi connectivity index (χ4v) is 1.96. The van der Waals surface area contributed by atoms with Crippen molar-refractivity contribution in [1.82, 2.24) is 10.5 Å². The molecular formula is C17H19N3O6. The molecule has 2 N–H and O–H groups in total. The molecule has 0 spiro atoms. The van der Waals surface area contributed by atoms with Gasteiger partial charge in [0.1, 0.15) is 18.1 Å². The van der Waals surface area contributed by atoms with Gasteiger partial charge in [0.25, 0.3) is 11.8 Å². The molecule has 0 aliphatic rings. The average molecular weight is 361 g/mol. The third-order valence-corrected chi connectivity index (χ3v) is 3.28. The van der Waals surface area contributed by atoms with Gasteiger partial charge in [0.15, 0.2) is 11.9 Å². The summed E-state index contributed by atoms with van der Waals surface area (Å²) < 4.78 is 14.8. The fourth-order valence-electron chi connectivity index (χ4n) is 1.96. The fraction of sp³-hybridized carbons (Fsp3) is 0.294. The molecule has 0 aliphatic carbocycles. The Labute approximate surface area is 149 Å². The molecule has 1 atom stereocenters. The van der Waals surface area contributed by atoms with Crippen LogP contribution in [-0.4, -0.2) is 42.7 Å². The predicted molar refractivity (Wildman–Crippen MR) is 90.8 cm³/mol. The number of carbonyl (C=O) groups excluding carboxylic acids is 3. The number of benzene rings is 1. The predicted octanol–water partition coefficient (Wildman–Crippen LogP) is 1.29. The van der Waals surface area contributed by atoms with Crippen LogP contribution >= 0.6 is 0 Å². The van der Waals surface area contributed by atoms with Crippen molar-refractivity contribution in [1.29, 1.82) is 0 Å². The highest BCUT2D eigenvalue weighted by Gasteiger charge is 2.19. The summed E-state index contributed by atoms with van der Waals surface area (Å²) >= 11 is 0. The number of methoxy groups -OCH3 is 1. The number of nitrogens with zero attached hydrogens (tertiary/aromatic N) is 1. The molecule has 2 rings (SSSR count). The highest BCUT2D eigenvalue weighted by Crippen LogP contribution is 2.12. The first kappa shape index (κ1) is 19.0. The van der Waals surface area contributed by atoms with Gasteiger partial charge in [-0.25, -0.2) is 0 Å². The number of aryl methyl sites for hydroxylation is 1. The third-order valence-electron chi connectivity index (χ3n) is 3.28. The van der Waals surface area contributed by atoms with Crippen molar-refractivity contribution in [3.05, 3.63) is 41.7 Å². The number of nitrogens with one attached hydrogen (secondary N) is 2. The number of ether oxygens (including phenoxy) is 2. The van der Waals surface area contributed by atoms with Gasteiger partial charge in [-0.1, -0.05) is 11.2 Å². The standard InChI is InChI=1S/C17H19N3O6/c1-10-7-14(20-26-10)19-16(22)11(2)25-15(21)9-18-17(23)12-5-4-6-13(8-12)24-3/h4-8,11H,9H2,1-3H3,(H,18,23)(H,19,20,22). The van der Waals surface area contributed by atoms with Crippen LogP contribution in [0.4, 0.5) is 5.82 Å². The molecule has 2 aromatic rings. The smallest absolute Gasteiger partial charge is 0.326 e. The summed E-state index contributed by atoms with van der Waals surface area (Å²) in [7, 11) is 1.49. The number of hydrogen-bond acceptors (Lipinski definition) is 7. The minimum Gasteiger partial charge on any atom is -0.497 e. The molecule has 26 heavy (non-hydrogen) atoms. The van der Waals surface area contributed by atoms with Gasteiger partial charge in [-0.3, -0.25) is 14.4 Å². The number of rotatable bonds is 7. The molecule has 1 unspecified atom stereocenters. The molecule has 1 aromatic heterocycles. The molecule has 0 fully saturated rings. The number of aromatic nitrogens is 1. The van der Waals surface area contributed by atoms with Gasteiger partial charge < -0.3 is 24.6 Å². The molecule has 9 heteroatoms. The van der Waals surface area contributed by atoms with Gasteiger partial charge >= 0.3 is 5.97 Å². The van der Waals surface area contributed by atoms with Crippen molar-refractivity contribution >= 4 is 23.6 Å². The quantitative estimate of drug-likeness (QED) is 0.713. The second-order valence-electron chi connectivity index (χ2n) is 5.36. The van der Waals surface area contributed by atoms with Gasteiger partial charge in [-0.15, -0.1) is 0 Å². The Morgan fingerprint density at radius 1 is 1.27 bits per heavy atom. The van der Waals surface area contributed by atoms with E-state index in [0.29, 0.717) is 17.1 Å². The van der Waals surface area contributed by atoms with E-state index in [1.54, 1.807) is 25.1 Å². The molecule has 0 radical (unpaired) electrons. The van der Waals surface area contributed by atoms with Crippen LogP contribution < -0.4 is 15.4 Å². The minimum absolute atomic E-state index is 0.224. The second-order valence-corrected chi connectivity index (χ2v) is 5.36. The Hall–Kier alpha value is -3.36. The molecule has 0 aliphatic heterocycles. The van der Waals surface area contributed by atoms with Crippen molar-refractivity contribution in [2.75, 3.05) is 19.0 Å². The van der Waals surface area contributed by atoms with Gasteiger partial charge in [0.2, 0.25) is 0 Å². The van der Waals surface area contributed by atoms with Crippen LogP contribution in [0.2, 0.25) is 0 Å². The number of amides is 2. The number of carbonyl (C=O) groups is 3. The molecule has 138 valence electrons. The van der Waals surface area contributed by atoms with E-state index in [4.69, 9.17) is 14.0 Å². The SMILES string of the molecule is COc1cccc(C(=O)NCC(=O)OC(C)C(=O)Nc2cc(C)on2)c1. The van der Waals surface area contributed by atoms with E-state index in [-0.39, 0.29) is 12.4 Å². The monoisotopic (exact) mass is 361 g/mol. The average Bonchev–Trinajstić information content (AvgIpc) is 3.04. The van der Waals surface area contributed by atoms with E-state index in [9.17, 15) is 14.4 Å². The first-order chi connectivity index (χ1) is 12.4. The Bertz CT molecular complexity index is 801. The number of anilines is 1.